The standard InChI is InChI=1S/C24H23N5O5/c25-23(30)27-9-1-3-15-5-6-18-16(11-15)7-10-29-19(18)12-21(28-24(29)31)32-13-17-14-33-22-20(34-17)4-2-8-26-22/h2,4-6,8,11-12,17,24,31H,7,9-10,13-14H2,(H3,25,27,30). The second-order valence-electron chi connectivity index (χ2n) is 7.85. The highest BCUT2D eigenvalue weighted by molar-refractivity contribution is 5.97. The molecule has 3 aliphatic rings. The number of aliphatic hydroxyl groups is 1. The van der Waals surface area contributed by atoms with Gasteiger partial charge in [-0.15, -0.1) is 0 Å². The maximum Gasteiger partial charge on any atom is 0.312 e. The van der Waals surface area contributed by atoms with Crippen LogP contribution in [-0.2, 0) is 11.2 Å². The summed E-state index contributed by atoms with van der Waals surface area (Å²) in [7, 11) is 0. The van der Waals surface area contributed by atoms with Crippen LogP contribution in [0.1, 0.15) is 16.7 Å². The number of urea groups is 1. The second kappa shape index (κ2) is 9.33. The Morgan fingerprint density at radius 1 is 1.38 bits per heavy atom. The largest absolute Gasteiger partial charge is 0.478 e. The van der Waals surface area contributed by atoms with E-state index in [1.165, 1.54) is 0 Å². The number of nitrogens with two attached hydrogens (primary N) is 1. The predicted molar refractivity (Wildman–Crippen MR) is 123 cm³/mol. The van der Waals surface area contributed by atoms with Crippen LogP contribution < -0.4 is 20.5 Å². The maximum absolute atomic E-state index is 10.8. The second-order valence-corrected chi connectivity index (χ2v) is 7.85. The fraction of sp³-hybridized carbons (Fsp3) is 0.292. The van der Waals surface area contributed by atoms with Gasteiger partial charge in [-0.05, 0) is 36.2 Å². The molecular formula is C24H23N5O5. The molecule has 5 rings (SSSR count). The number of primary amides is 1. The number of carbonyl (C=O) groups is 1. The molecule has 2 unspecified atom stereocenters. The van der Waals surface area contributed by atoms with Crippen molar-refractivity contribution in [2.24, 2.45) is 10.7 Å². The van der Waals surface area contributed by atoms with Gasteiger partial charge in [0.25, 0.3) is 5.88 Å². The van der Waals surface area contributed by atoms with Gasteiger partial charge in [-0.3, -0.25) is 0 Å². The number of benzene rings is 1. The Kier molecular flexibility index (Phi) is 5.93. The fourth-order valence-electron chi connectivity index (χ4n) is 3.96. The molecular weight excluding hydrogens is 438 g/mol. The number of rotatable bonds is 3. The number of aromatic nitrogens is 1. The topological polar surface area (TPSA) is 132 Å². The molecule has 10 heteroatoms. The Bertz CT molecular complexity index is 1230. The van der Waals surface area contributed by atoms with Crippen molar-refractivity contribution in [2.45, 2.75) is 18.9 Å². The van der Waals surface area contributed by atoms with Crippen molar-refractivity contribution < 1.29 is 24.1 Å². The van der Waals surface area contributed by atoms with Gasteiger partial charge in [0.1, 0.15) is 13.2 Å². The Hall–Kier alpha value is -4.23. The van der Waals surface area contributed by atoms with Crippen LogP contribution in [0.25, 0.3) is 5.70 Å². The summed E-state index contributed by atoms with van der Waals surface area (Å²) in [5.74, 6) is 7.26. The summed E-state index contributed by atoms with van der Waals surface area (Å²) in [5.41, 5.74) is 8.82. The number of ether oxygens (including phenoxy) is 3. The molecule has 1 aromatic carbocycles. The predicted octanol–water partition coefficient (Wildman–Crippen LogP) is 0.845. The molecule has 4 heterocycles. The van der Waals surface area contributed by atoms with E-state index in [-0.39, 0.29) is 19.3 Å². The number of amides is 2. The summed E-state index contributed by atoms with van der Waals surface area (Å²) in [6.07, 6.45) is 2.86. The summed E-state index contributed by atoms with van der Waals surface area (Å²) < 4.78 is 17.4. The zero-order chi connectivity index (χ0) is 23.5. The molecule has 2 amide bonds. The van der Waals surface area contributed by atoms with Crippen LogP contribution in [0.5, 0.6) is 11.6 Å². The molecule has 10 nitrogen and oxygen atoms in total. The minimum atomic E-state index is -1.03. The highest BCUT2D eigenvalue weighted by atomic mass is 16.6. The van der Waals surface area contributed by atoms with E-state index in [1.54, 1.807) is 18.3 Å². The number of pyridine rings is 1. The summed E-state index contributed by atoms with van der Waals surface area (Å²) >= 11 is 0. The van der Waals surface area contributed by atoms with Crippen LogP contribution in [0, 0.1) is 11.8 Å². The van der Waals surface area contributed by atoms with Crippen LogP contribution in [-0.4, -0.2) is 65.7 Å². The third-order valence-corrected chi connectivity index (χ3v) is 5.53. The molecule has 3 aliphatic heterocycles. The zero-order valence-corrected chi connectivity index (χ0v) is 18.2. The van der Waals surface area contributed by atoms with Gasteiger partial charge in [0, 0.05) is 29.9 Å². The van der Waals surface area contributed by atoms with Crippen molar-refractivity contribution in [3.8, 4) is 23.5 Å². The Balaban J connectivity index is 1.28. The number of aliphatic hydroxyl groups excluding tert-OH is 1. The summed E-state index contributed by atoms with van der Waals surface area (Å²) in [5, 5.41) is 13.0. The molecule has 174 valence electrons. The minimum absolute atomic E-state index is 0.187. The molecule has 34 heavy (non-hydrogen) atoms. The average molecular weight is 461 g/mol. The average Bonchev–Trinajstić information content (AvgIpc) is 2.85. The first-order chi connectivity index (χ1) is 16.6. The van der Waals surface area contributed by atoms with E-state index in [0.717, 1.165) is 28.8 Å². The number of nitrogens with one attached hydrogen (secondary N) is 1. The maximum atomic E-state index is 10.8. The van der Waals surface area contributed by atoms with E-state index < -0.39 is 12.4 Å². The molecule has 0 spiro atoms. The van der Waals surface area contributed by atoms with Gasteiger partial charge in [0.2, 0.25) is 12.2 Å². The number of hydrogen-bond acceptors (Lipinski definition) is 8. The Morgan fingerprint density at radius 2 is 2.29 bits per heavy atom. The van der Waals surface area contributed by atoms with Gasteiger partial charge in [-0.2, -0.15) is 4.99 Å². The molecule has 0 saturated carbocycles. The number of nitrogens with zero attached hydrogens (tertiary/aromatic N) is 3. The number of aliphatic imine (C=N–C) groups is 1. The van der Waals surface area contributed by atoms with Crippen LogP contribution in [0.4, 0.5) is 4.79 Å². The highest BCUT2D eigenvalue weighted by Gasteiger charge is 2.30. The molecule has 0 aliphatic carbocycles. The minimum Gasteiger partial charge on any atom is -0.478 e. The third-order valence-electron chi connectivity index (χ3n) is 5.53. The lowest BCUT2D eigenvalue weighted by Gasteiger charge is -2.37. The van der Waals surface area contributed by atoms with Gasteiger partial charge in [-0.1, -0.05) is 17.9 Å². The van der Waals surface area contributed by atoms with Crippen molar-refractivity contribution in [1.82, 2.24) is 15.2 Å². The number of carbonyl (C=O) groups excluding carboxylic acids is 1. The molecule has 1 aromatic heterocycles. The van der Waals surface area contributed by atoms with Crippen LogP contribution in [0.3, 0.4) is 0 Å². The molecule has 0 radical (unpaired) electrons. The van der Waals surface area contributed by atoms with Gasteiger partial charge >= 0.3 is 6.03 Å². The molecule has 4 N–H and O–H groups in total. The lowest BCUT2D eigenvalue weighted by molar-refractivity contribution is 0.0348. The first-order valence-electron chi connectivity index (χ1n) is 10.8. The van der Waals surface area contributed by atoms with E-state index in [0.29, 0.717) is 30.7 Å². The van der Waals surface area contributed by atoms with E-state index in [4.69, 9.17) is 19.9 Å². The fourth-order valence-corrected chi connectivity index (χ4v) is 3.96. The molecule has 0 bridgehead atoms. The quantitative estimate of drug-likeness (QED) is 0.578. The van der Waals surface area contributed by atoms with Crippen molar-refractivity contribution >= 4 is 17.6 Å². The SMILES string of the molecule is NC(=O)NCC#Cc1ccc2c(c1)CCN1C2=CC(OCC2COc3ncccc3O2)=NC1O. The van der Waals surface area contributed by atoms with E-state index >= 15 is 0 Å². The zero-order valence-electron chi connectivity index (χ0n) is 18.2. The number of fused-ring (bicyclic) bond motifs is 4. The normalized spacial score (nSPS) is 20.0. The summed E-state index contributed by atoms with van der Waals surface area (Å²) in [4.78, 5) is 21.0. The summed E-state index contributed by atoms with van der Waals surface area (Å²) in [6.45, 7) is 1.32. The highest BCUT2D eigenvalue weighted by Crippen LogP contribution is 2.33. The van der Waals surface area contributed by atoms with Crippen molar-refractivity contribution in [3.05, 3.63) is 59.3 Å². The van der Waals surface area contributed by atoms with Gasteiger partial charge in [0.05, 0.1) is 12.2 Å². The van der Waals surface area contributed by atoms with Crippen LogP contribution in [0.2, 0.25) is 0 Å². The lowest BCUT2D eigenvalue weighted by atomic mass is 9.94. The van der Waals surface area contributed by atoms with Crippen molar-refractivity contribution in [3.63, 3.8) is 0 Å². The first-order valence-corrected chi connectivity index (χ1v) is 10.8. The van der Waals surface area contributed by atoms with E-state index in [1.807, 2.05) is 29.2 Å². The van der Waals surface area contributed by atoms with Gasteiger partial charge in [-0.25, -0.2) is 9.78 Å². The monoisotopic (exact) mass is 461 g/mol. The van der Waals surface area contributed by atoms with Gasteiger partial charge < -0.3 is 35.3 Å². The Labute approximate surface area is 196 Å². The van der Waals surface area contributed by atoms with Gasteiger partial charge in [0.15, 0.2) is 11.9 Å². The van der Waals surface area contributed by atoms with Crippen LogP contribution >= 0.6 is 0 Å². The third kappa shape index (κ3) is 4.60. The van der Waals surface area contributed by atoms with Crippen molar-refractivity contribution in [2.75, 3.05) is 26.3 Å². The molecule has 2 atom stereocenters. The lowest BCUT2D eigenvalue weighted by Crippen LogP contribution is -2.41. The summed E-state index contributed by atoms with van der Waals surface area (Å²) in [6, 6.07) is 8.85. The van der Waals surface area contributed by atoms with Crippen LogP contribution in [0.15, 0.2) is 47.6 Å². The first kappa shape index (κ1) is 21.6. The number of hydrogen-bond donors (Lipinski definition) is 3. The van der Waals surface area contributed by atoms with E-state index in [2.05, 4.69) is 27.1 Å². The molecule has 2 aromatic rings. The Morgan fingerprint density at radius 3 is 3.18 bits per heavy atom. The molecule has 0 saturated heterocycles. The van der Waals surface area contributed by atoms with E-state index in [9.17, 15) is 9.90 Å². The molecule has 0 fully saturated rings. The smallest absolute Gasteiger partial charge is 0.312 e. The van der Waals surface area contributed by atoms with Crippen molar-refractivity contribution in [1.29, 1.82) is 0 Å².